The fourth-order valence-electron chi connectivity index (χ4n) is 5.00. The summed E-state index contributed by atoms with van der Waals surface area (Å²) >= 11 is 0. The Morgan fingerprint density at radius 3 is 1.24 bits per heavy atom. The molecule has 11 heteroatoms. The summed E-state index contributed by atoms with van der Waals surface area (Å²) in [5.74, 6) is -2.06. The first-order valence-electron chi connectivity index (χ1n) is 15.9. The molecule has 262 valence electrons. The molecule has 0 saturated heterocycles. The Morgan fingerprint density at radius 1 is 0.490 bits per heavy atom. The van der Waals surface area contributed by atoms with Gasteiger partial charge in [0, 0.05) is 23.8 Å². The number of aromatic hydroxyl groups is 2. The van der Waals surface area contributed by atoms with E-state index in [-0.39, 0.29) is 58.2 Å². The molecule has 2 heterocycles. The zero-order valence-electron chi connectivity index (χ0n) is 28.8. The van der Waals surface area contributed by atoms with Crippen LogP contribution in [0, 0.1) is 29.1 Å². The van der Waals surface area contributed by atoms with Crippen LogP contribution in [0.2, 0.25) is 0 Å². The minimum absolute atomic E-state index is 0.0211. The van der Waals surface area contributed by atoms with Crippen LogP contribution in [0.25, 0.3) is 21.8 Å². The molecule has 0 saturated carbocycles. The highest BCUT2D eigenvalue weighted by Crippen LogP contribution is 2.27. The van der Waals surface area contributed by atoms with Gasteiger partial charge in [0.1, 0.15) is 40.6 Å². The Balaban J connectivity index is 0.000000177. The number of benzene rings is 4. The van der Waals surface area contributed by atoms with Crippen molar-refractivity contribution in [3.63, 3.8) is 0 Å². The quantitative estimate of drug-likeness (QED) is 0.139. The molecule has 0 aliphatic rings. The molecule has 0 atom stereocenters. The molecule has 0 aliphatic heterocycles. The van der Waals surface area contributed by atoms with Crippen molar-refractivity contribution in [3.8, 4) is 11.5 Å². The van der Waals surface area contributed by atoms with Crippen LogP contribution in [0.4, 0.5) is 22.0 Å². The number of hydrogen-bond donors (Lipinski definition) is 4. The minimum Gasteiger partial charge on any atom is -0.508 e. The molecule has 6 rings (SSSR count). The van der Waals surface area contributed by atoms with Gasteiger partial charge in [0.15, 0.2) is 0 Å². The second kappa shape index (κ2) is 16.9. The average Bonchev–Trinajstić information content (AvgIpc) is 3.68. The Bertz CT molecular complexity index is 1880. The number of rotatable bonds is 4. The molecule has 0 aliphatic carbocycles. The van der Waals surface area contributed by atoms with E-state index in [1.165, 1.54) is 18.5 Å². The summed E-state index contributed by atoms with van der Waals surface area (Å²) in [5.41, 5.74) is 3.65. The molecular formula is C38H43F5N4O2. The second-order valence-electron chi connectivity index (χ2n) is 12.7. The Morgan fingerprint density at radius 2 is 0.878 bits per heavy atom. The number of hydrogen-bond acceptors (Lipinski definition) is 4. The summed E-state index contributed by atoms with van der Waals surface area (Å²) in [4.78, 5) is 0. The monoisotopic (exact) mass is 682 g/mol. The highest BCUT2D eigenvalue weighted by Gasteiger charge is 2.14. The molecule has 4 N–H and O–H groups in total. The van der Waals surface area contributed by atoms with Gasteiger partial charge in [0.2, 0.25) is 0 Å². The molecule has 0 spiro atoms. The van der Waals surface area contributed by atoms with E-state index in [0.29, 0.717) is 16.3 Å². The Hall–Kier alpha value is -4.93. The van der Waals surface area contributed by atoms with Gasteiger partial charge in [0.25, 0.3) is 0 Å². The summed E-state index contributed by atoms with van der Waals surface area (Å²) < 4.78 is 66.3. The Kier molecular flexibility index (Phi) is 13.3. The van der Waals surface area contributed by atoms with Crippen LogP contribution in [-0.4, -0.2) is 30.6 Å². The fourth-order valence-corrected chi connectivity index (χ4v) is 5.00. The number of nitrogens with zero attached hydrogens (tertiary/aromatic N) is 2. The van der Waals surface area contributed by atoms with Gasteiger partial charge in [-0.1, -0.05) is 73.6 Å². The Labute approximate surface area is 283 Å². The number of phenolic OH excluding ortho intramolecular Hbond substituents is 2. The van der Waals surface area contributed by atoms with E-state index in [1.54, 1.807) is 32.0 Å². The largest absolute Gasteiger partial charge is 0.508 e. The van der Waals surface area contributed by atoms with Gasteiger partial charge in [-0.15, -0.1) is 0 Å². The first-order valence-corrected chi connectivity index (χ1v) is 15.9. The highest BCUT2D eigenvalue weighted by atomic mass is 19.1. The molecular weight excluding hydrogens is 639 g/mol. The van der Waals surface area contributed by atoms with Crippen molar-refractivity contribution in [3.05, 3.63) is 118 Å². The van der Waals surface area contributed by atoms with Crippen molar-refractivity contribution in [1.82, 2.24) is 20.4 Å². The molecule has 0 fully saturated rings. The molecule has 2 aromatic heterocycles. The third-order valence-electron chi connectivity index (χ3n) is 7.67. The number of aromatic nitrogens is 4. The van der Waals surface area contributed by atoms with E-state index in [4.69, 9.17) is 10.2 Å². The summed E-state index contributed by atoms with van der Waals surface area (Å²) in [6.07, 6.45) is 3.05. The van der Waals surface area contributed by atoms with Crippen LogP contribution in [0.1, 0.15) is 101 Å². The van der Waals surface area contributed by atoms with Crippen LogP contribution in [0.3, 0.4) is 0 Å². The van der Waals surface area contributed by atoms with Crippen molar-refractivity contribution in [2.45, 2.75) is 79.1 Å². The maximum atomic E-state index is 13.7. The molecule has 6 aromatic rings. The fraction of sp³-hybridized carbons (Fsp3) is 0.316. The number of halogens is 5. The van der Waals surface area contributed by atoms with Crippen LogP contribution in [-0.2, 0) is 0 Å². The average molecular weight is 683 g/mol. The van der Waals surface area contributed by atoms with E-state index in [1.807, 2.05) is 53.7 Å². The van der Waals surface area contributed by atoms with Crippen LogP contribution in [0.5, 0.6) is 11.5 Å². The maximum Gasteiger partial charge on any atom is 0.137 e. The van der Waals surface area contributed by atoms with Crippen LogP contribution < -0.4 is 0 Å². The van der Waals surface area contributed by atoms with Crippen molar-refractivity contribution in [2.24, 2.45) is 0 Å². The van der Waals surface area contributed by atoms with E-state index < -0.39 is 11.6 Å². The van der Waals surface area contributed by atoms with Gasteiger partial charge in [-0.3, -0.25) is 10.2 Å². The molecule has 49 heavy (non-hydrogen) atoms. The smallest absolute Gasteiger partial charge is 0.137 e. The molecule has 4 aromatic carbocycles. The molecule has 0 radical (unpaired) electrons. The van der Waals surface area contributed by atoms with Crippen LogP contribution in [0.15, 0.2) is 67.0 Å². The standard InChI is InChI=1S/2C10H11FN2.C9H10F2O.C9H11FO/c2*1-6(2)7-3-4-9-8(10(7)11)5-12-13-9;1-5(2)9-7(10)3-6(12)4-8(9)11;1-6(2)8-4-3-7(11)5-9(8)10/h2*3-6H,1-2H3,(H,12,13);3-5,12H,1-2H3;3-6,11H,1-2H3. The van der Waals surface area contributed by atoms with Gasteiger partial charge in [-0.25, -0.2) is 22.0 Å². The SMILES string of the molecule is CC(C)c1c(F)cc(O)cc1F.CC(C)c1ccc(O)cc1F.CC(C)c1ccc2[nH]ncc2c1F.CC(C)c1ccc2[nH]ncc2c1F. The number of phenols is 2. The van der Waals surface area contributed by atoms with E-state index >= 15 is 0 Å². The lowest BCUT2D eigenvalue weighted by molar-refractivity contribution is 0.454. The van der Waals surface area contributed by atoms with Crippen molar-refractivity contribution < 1.29 is 32.2 Å². The number of aromatic amines is 2. The normalized spacial score (nSPS) is 11.0. The van der Waals surface area contributed by atoms with Gasteiger partial charge < -0.3 is 10.2 Å². The zero-order chi connectivity index (χ0) is 36.6. The van der Waals surface area contributed by atoms with Gasteiger partial charge in [-0.05, 0) is 58.6 Å². The van der Waals surface area contributed by atoms with Gasteiger partial charge in [0.05, 0.1) is 34.2 Å². The van der Waals surface area contributed by atoms with Gasteiger partial charge >= 0.3 is 0 Å². The second-order valence-corrected chi connectivity index (χ2v) is 12.7. The summed E-state index contributed by atoms with van der Waals surface area (Å²) in [6.45, 7) is 15.1. The van der Waals surface area contributed by atoms with E-state index in [0.717, 1.165) is 40.4 Å². The van der Waals surface area contributed by atoms with Crippen molar-refractivity contribution in [2.75, 3.05) is 0 Å². The number of fused-ring (bicyclic) bond motifs is 2. The lowest BCUT2D eigenvalue weighted by atomic mass is 10.0. The van der Waals surface area contributed by atoms with E-state index in [2.05, 4.69) is 20.4 Å². The summed E-state index contributed by atoms with van der Waals surface area (Å²) in [5, 5.41) is 31.9. The minimum atomic E-state index is -0.692. The summed E-state index contributed by atoms with van der Waals surface area (Å²) in [6, 6.07) is 13.4. The first kappa shape index (κ1) is 38.5. The predicted molar refractivity (Wildman–Crippen MR) is 185 cm³/mol. The molecule has 0 bridgehead atoms. The number of H-pyrrole nitrogens is 2. The summed E-state index contributed by atoms with van der Waals surface area (Å²) in [7, 11) is 0. The maximum absolute atomic E-state index is 13.7. The third-order valence-corrected chi connectivity index (χ3v) is 7.67. The topological polar surface area (TPSA) is 97.8 Å². The lowest BCUT2D eigenvalue weighted by Gasteiger charge is -2.08. The molecule has 6 nitrogen and oxygen atoms in total. The van der Waals surface area contributed by atoms with Crippen molar-refractivity contribution >= 4 is 21.8 Å². The van der Waals surface area contributed by atoms with Crippen molar-refractivity contribution in [1.29, 1.82) is 0 Å². The highest BCUT2D eigenvalue weighted by molar-refractivity contribution is 5.80. The lowest BCUT2D eigenvalue weighted by Crippen LogP contribution is -1.97. The molecule has 0 amide bonds. The molecule has 0 unspecified atom stereocenters. The van der Waals surface area contributed by atoms with Gasteiger partial charge in [-0.2, -0.15) is 10.2 Å². The van der Waals surface area contributed by atoms with E-state index in [9.17, 15) is 22.0 Å². The third kappa shape index (κ3) is 9.81. The number of nitrogens with one attached hydrogen (secondary N) is 2. The van der Waals surface area contributed by atoms with Crippen LogP contribution >= 0.6 is 0 Å². The zero-order valence-corrected chi connectivity index (χ0v) is 28.8. The predicted octanol–water partition coefficient (Wildman–Crippen LogP) is 11.1. The first-order chi connectivity index (χ1) is 23.0.